The molecule has 0 saturated heterocycles. The molecule has 1 atom stereocenters. The zero-order valence-corrected chi connectivity index (χ0v) is 14.6. The van der Waals surface area contributed by atoms with Gasteiger partial charge in [0.2, 0.25) is 0 Å². The van der Waals surface area contributed by atoms with Crippen LogP contribution in [0.1, 0.15) is 24.9 Å². The molecule has 0 aliphatic heterocycles. The van der Waals surface area contributed by atoms with E-state index in [1.807, 2.05) is 25.1 Å². The van der Waals surface area contributed by atoms with Gasteiger partial charge >= 0.3 is 0 Å². The Morgan fingerprint density at radius 3 is 2.70 bits per heavy atom. The summed E-state index contributed by atoms with van der Waals surface area (Å²) in [5, 5.41) is 15.9. The standard InChI is InChI=1S/C20H18N4O3/c1-2-14(11-4-3-5-13(25)8-11)24-18-17(19(26)20(18)27)23-12-6-7-15-16(9-12)22-10-21-15/h3-10,14,23-25H,2H2,1H3,(H,21,22)/t14-/m1/s1. The number of benzene rings is 2. The first-order chi connectivity index (χ1) is 13.1. The van der Waals surface area contributed by atoms with Crippen LogP contribution < -0.4 is 21.5 Å². The van der Waals surface area contributed by atoms with Crippen LogP contribution in [-0.4, -0.2) is 15.1 Å². The van der Waals surface area contributed by atoms with Gasteiger partial charge in [0.1, 0.15) is 17.1 Å². The summed E-state index contributed by atoms with van der Waals surface area (Å²) in [6, 6.07) is 12.1. The zero-order chi connectivity index (χ0) is 19.0. The van der Waals surface area contributed by atoms with Crippen LogP contribution in [0.25, 0.3) is 11.0 Å². The SMILES string of the molecule is CC[C@@H](Nc1c(Nc2ccc3nc[nH]c3c2)c(=O)c1=O)c1cccc(O)c1. The van der Waals surface area contributed by atoms with Gasteiger partial charge in [-0.15, -0.1) is 0 Å². The molecule has 0 spiro atoms. The lowest BCUT2D eigenvalue weighted by Crippen LogP contribution is -2.37. The molecule has 0 aliphatic rings. The van der Waals surface area contributed by atoms with Crippen molar-refractivity contribution < 1.29 is 5.11 Å². The number of imidazole rings is 1. The molecule has 3 aromatic carbocycles. The van der Waals surface area contributed by atoms with Crippen molar-refractivity contribution in [2.45, 2.75) is 19.4 Å². The van der Waals surface area contributed by atoms with Gasteiger partial charge in [-0.2, -0.15) is 0 Å². The van der Waals surface area contributed by atoms with Gasteiger partial charge < -0.3 is 20.7 Å². The highest BCUT2D eigenvalue weighted by Gasteiger charge is 2.24. The molecule has 136 valence electrons. The fourth-order valence-electron chi connectivity index (χ4n) is 3.14. The number of fused-ring (bicyclic) bond motifs is 1. The van der Waals surface area contributed by atoms with Crippen LogP contribution in [0.15, 0.2) is 58.4 Å². The molecule has 1 aromatic heterocycles. The lowest BCUT2D eigenvalue weighted by Gasteiger charge is -2.22. The maximum absolute atomic E-state index is 12.1. The molecule has 0 amide bonds. The highest BCUT2D eigenvalue weighted by Crippen LogP contribution is 2.29. The summed E-state index contributed by atoms with van der Waals surface area (Å²) in [7, 11) is 0. The highest BCUT2D eigenvalue weighted by atomic mass is 16.3. The van der Waals surface area contributed by atoms with E-state index in [2.05, 4.69) is 20.6 Å². The number of anilines is 3. The van der Waals surface area contributed by atoms with E-state index in [1.54, 1.807) is 30.6 Å². The second-order valence-electron chi connectivity index (χ2n) is 6.37. The maximum Gasteiger partial charge on any atom is 0.253 e. The second-order valence-corrected chi connectivity index (χ2v) is 6.37. The minimum absolute atomic E-state index is 0.156. The molecule has 27 heavy (non-hydrogen) atoms. The van der Waals surface area contributed by atoms with Gasteiger partial charge in [-0.1, -0.05) is 19.1 Å². The van der Waals surface area contributed by atoms with E-state index in [1.165, 1.54) is 0 Å². The third-order valence-electron chi connectivity index (χ3n) is 4.60. The number of aromatic nitrogens is 2. The summed E-state index contributed by atoms with van der Waals surface area (Å²) in [6.45, 7) is 1.96. The van der Waals surface area contributed by atoms with Gasteiger partial charge in [-0.3, -0.25) is 9.59 Å². The summed E-state index contributed by atoms with van der Waals surface area (Å²) in [6.07, 6.45) is 2.28. The van der Waals surface area contributed by atoms with Crippen LogP contribution in [-0.2, 0) is 0 Å². The summed E-state index contributed by atoms with van der Waals surface area (Å²) < 4.78 is 0. The third kappa shape index (κ3) is 3.03. The van der Waals surface area contributed by atoms with Crippen molar-refractivity contribution in [3.63, 3.8) is 0 Å². The summed E-state index contributed by atoms with van der Waals surface area (Å²) >= 11 is 0. The average molecular weight is 362 g/mol. The van der Waals surface area contributed by atoms with E-state index >= 15 is 0 Å². The first-order valence-corrected chi connectivity index (χ1v) is 8.65. The van der Waals surface area contributed by atoms with E-state index < -0.39 is 10.9 Å². The Balaban J connectivity index is 1.61. The van der Waals surface area contributed by atoms with Gasteiger partial charge in [0.25, 0.3) is 10.9 Å². The van der Waals surface area contributed by atoms with E-state index in [0.29, 0.717) is 12.1 Å². The van der Waals surface area contributed by atoms with Gasteiger partial charge in [0, 0.05) is 5.69 Å². The molecule has 0 unspecified atom stereocenters. The Morgan fingerprint density at radius 2 is 1.93 bits per heavy atom. The van der Waals surface area contributed by atoms with E-state index in [-0.39, 0.29) is 23.2 Å². The van der Waals surface area contributed by atoms with Crippen molar-refractivity contribution in [1.82, 2.24) is 9.97 Å². The van der Waals surface area contributed by atoms with Crippen LogP contribution in [0.2, 0.25) is 0 Å². The number of phenolic OH excluding ortho intramolecular Hbond substituents is 1. The molecule has 7 heteroatoms. The van der Waals surface area contributed by atoms with Crippen LogP contribution in [0.5, 0.6) is 5.75 Å². The highest BCUT2D eigenvalue weighted by molar-refractivity contribution is 5.84. The largest absolute Gasteiger partial charge is 0.508 e. The van der Waals surface area contributed by atoms with Crippen LogP contribution in [0.4, 0.5) is 17.1 Å². The fourth-order valence-corrected chi connectivity index (χ4v) is 3.14. The topological polar surface area (TPSA) is 107 Å². The molecule has 4 aromatic rings. The lowest BCUT2D eigenvalue weighted by atomic mass is 10.0. The predicted molar refractivity (Wildman–Crippen MR) is 105 cm³/mol. The minimum Gasteiger partial charge on any atom is -0.508 e. The van der Waals surface area contributed by atoms with Crippen molar-refractivity contribution >= 4 is 28.1 Å². The summed E-state index contributed by atoms with van der Waals surface area (Å²) in [5.74, 6) is 0.156. The number of nitrogens with one attached hydrogen (secondary N) is 3. The van der Waals surface area contributed by atoms with Gasteiger partial charge in [0.05, 0.1) is 23.4 Å². The van der Waals surface area contributed by atoms with E-state index in [0.717, 1.165) is 16.6 Å². The van der Waals surface area contributed by atoms with E-state index in [9.17, 15) is 14.7 Å². The number of aromatic hydroxyl groups is 1. The zero-order valence-electron chi connectivity index (χ0n) is 14.6. The van der Waals surface area contributed by atoms with Crippen molar-refractivity contribution in [2.75, 3.05) is 10.6 Å². The smallest absolute Gasteiger partial charge is 0.253 e. The van der Waals surface area contributed by atoms with Crippen LogP contribution in [0, 0.1) is 0 Å². The predicted octanol–water partition coefficient (Wildman–Crippen LogP) is 3.17. The first kappa shape index (κ1) is 16.8. The van der Waals surface area contributed by atoms with Crippen molar-refractivity contribution in [3.8, 4) is 5.75 Å². The Labute approximate surface area is 154 Å². The summed E-state index contributed by atoms with van der Waals surface area (Å²) in [5.41, 5.74) is 2.60. The number of nitrogens with zero attached hydrogens (tertiary/aromatic N) is 1. The Kier molecular flexibility index (Phi) is 4.12. The Morgan fingerprint density at radius 1 is 1.11 bits per heavy atom. The number of phenols is 1. The molecule has 1 heterocycles. The quantitative estimate of drug-likeness (QED) is 0.393. The fraction of sp³-hybridized carbons (Fsp3) is 0.150. The van der Waals surface area contributed by atoms with Crippen molar-refractivity contribution in [3.05, 3.63) is 74.8 Å². The number of hydrogen-bond acceptors (Lipinski definition) is 6. The normalized spacial score (nSPS) is 12.3. The lowest BCUT2D eigenvalue weighted by molar-refractivity contribution is 0.474. The second kappa shape index (κ2) is 6.60. The third-order valence-corrected chi connectivity index (χ3v) is 4.60. The molecular weight excluding hydrogens is 344 g/mol. The molecule has 0 radical (unpaired) electrons. The number of hydrogen-bond donors (Lipinski definition) is 4. The molecule has 4 rings (SSSR count). The Hall–Kier alpha value is -3.61. The monoisotopic (exact) mass is 362 g/mol. The molecule has 0 fully saturated rings. The maximum atomic E-state index is 12.1. The molecule has 4 N–H and O–H groups in total. The van der Waals surface area contributed by atoms with Gasteiger partial charge in [0.15, 0.2) is 0 Å². The molecule has 0 saturated carbocycles. The number of rotatable bonds is 6. The van der Waals surface area contributed by atoms with Crippen LogP contribution in [0.3, 0.4) is 0 Å². The van der Waals surface area contributed by atoms with Crippen molar-refractivity contribution in [1.29, 1.82) is 0 Å². The Bertz CT molecular complexity index is 1190. The molecule has 0 bridgehead atoms. The molecule has 7 nitrogen and oxygen atoms in total. The molecular formula is C20H18N4O3. The number of H-pyrrole nitrogens is 1. The number of aromatic amines is 1. The van der Waals surface area contributed by atoms with Gasteiger partial charge in [-0.25, -0.2) is 4.98 Å². The average Bonchev–Trinajstić information content (AvgIpc) is 3.15. The van der Waals surface area contributed by atoms with Crippen LogP contribution >= 0.6 is 0 Å². The van der Waals surface area contributed by atoms with Crippen molar-refractivity contribution in [2.24, 2.45) is 0 Å². The molecule has 0 aliphatic carbocycles. The van der Waals surface area contributed by atoms with E-state index in [4.69, 9.17) is 0 Å². The first-order valence-electron chi connectivity index (χ1n) is 8.65. The van der Waals surface area contributed by atoms with Gasteiger partial charge in [-0.05, 0) is 42.3 Å². The summed E-state index contributed by atoms with van der Waals surface area (Å²) in [4.78, 5) is 31.4. The minimum atomic E-state index is -0.548.